The molecule has 1 aliphatic carbocycles. The minimum atomic E-state index is -0.0689. The van der Waals surface area contributed by atoms with E-state index in [1.165, 1.54) is 11.1 Å². The minimum absolute atomic E-state index is 0.0543. The summed E-state index contributed by atoms with van der Waals surface area (Å²) in [5, 5.41) is 3.09. The third-order valence-corrected chi connectivity index (χ3v) is 4.54. The summed E-state index contributed by atoms with van der Waals surface area (Å²) in [5.74, 6) is 0.659. The van der Waals surface area contributed by atoms with Crippen molar-refractivity contribution in [3.63, 3.8) is 0 Å². The Morgan fingerprint density at radius 2 is 2.09 bits per heavy atom. The highest BCUT2D eigenvalue weighted by Gasteiger charge is 2.21. The SMILES string of the molecule is O=C(COc1cccc(I)c1)NC1CCCc2ccccc21. The second-order valence-corrected chi connectivity index (χ2v) is 6.70. The third kappa shape index (κ3) is 3.80. The molecule has 4 heteroatoms. The Kier molecular flexibility index (Phi) is 4.97. The molecule has 2 aromatic carbocycles. The molecular formula is C18H18INO2. The zero-order valence-corrected chi connectivity index (χ0v) is 14.4. The predicted molar refractivity (Wildman–Crippen MR) is 94.9 cm³/mol. The van der Waals surface area contributed by atoms with E-state index in [4.69, 9.17) is 4.74 Å². The molecule has 1 unspecified atom stereocenters. The maximum Gasteiger partial charge on any atom is 0.258 e. The molecular weight excluding hydrogens is 389 g/mol. The van der Waals surface area contributed by atoms with Crippen LogP contribution in [0.4, 0.5) is 0 Å². The lowest BCUT2D eigenvalue weighted by molar-refractivity contribution is -0.123. The molecule has 3 rings (SSSR count). The molecule has 114 valence electrons. The van der Waals surface area contributed by atoms with Crippen molar-refractivity contribution in [1.29, 1.82) is 0 Å². The quantitative estimate of drug-likeness (QED) is 0.782. The first-order valence-corrected chi connectivity index (χ1v) is 8.56. The molecule has 1 N–H and O–H groups in total. The molecule has 1 amide bonds. The van der Waals surface area contributed by atoms with Gasteiger partial charge in [-0.1, -0.05) is 30.3 Å². The van der Waals surface area contributed by atoms with Gasteiger partial charge in [-0.3, -0.25) is 4.79 Å². The van der Waals surface area contributed by atoms with Gasteiger partial charge in [-0.05, 0) is 71.2 Å². The van der Waals surface area contributed by atoms with E-state index < -0.39 is 0 Å². The summed E-state index contributed by atoms with van der Waals surface area (Å²) in [6.45, 7) is 0.0543. The van der Waals surface area contributed by atoms with Gasteiger partial charge < -0.3 is 10.1 Å². The van der Waals surface area contributed by atoms with Gasteiger partial charge in [0.1, 0.15) is 5.75 Å². The molecule has 0 aliphatic heterocycles. The normalized spacial score (nSPS) is 16.7. The van der Waals surface area contributed by atoms with Crippen molar-refractivity contribution >= 4 is 28.5 Å². The molecule has 1 aliphatic rings. The Balaban J connectivity index is 1.59. The second-order valence-electron chi connectivity index (χ2n) is 5.46. The first kappa shape index (κ1) is 15.3. The van der Waals surface area contributed by atoms with Gasteiger partial charge in [0.15, 0.2) is 6.61 Å². The van der Waals surface area contributed by atoms with Crippen LogP contribution in [0.1, 0.15) is 30.0 Å². The molecule has 0 saturated carbocycles. The minimum Gasteiger partial charge on any atom is -0.484 e. The van der Waals surface area contributed by atoms with E-state index >= 15 is 0 Å². The van der Waals surface area contributed by atoms with Gasteiger partial charge in [0.2, 0.25) is 0 Å². The summed E-state index contributed by atoms with van der Waals surface area (Å²) in [4.78, 5) is 12.1. The zero-order valence-electron chi connectivity index (χ0n) is 12.2. The van der Waals surface area contributed by atoms with Gasteiger partial charge in [-0.25, -0.2) is 0 Å². The number of aryl methyl sites for hydroxylation is 1. The average Bonchev–Trinajstić information content (AvgIpc) is 2.53. The van der Waals surface area contributed by atoms with Crippen molar-refractivity contribution < 1.29 is 9.53 Å². The molecule has 0 heterocycles. The molecule has 22 heavy (non-hydrogen) atoms. The largest absolute Gasteiger partial charge is 0.484 e. The topological polar surface area (TPSA) is 38.3 Å². The smallest absolute Gasteiger partial charge is 0.258 e. The standard InChI is InChI=1S/C18H18INO2/c19-14-7-4-8-15(11-14)22-12-18(21)20-17-10-3-6-13-5-1-2-9-16(13)17/h1-2,4-5,7-9,11,17H,3,6,10,12H2,(H,20,21). The number of carbonyl (C=O) groups excluding carboxylic acids is 1. The third-order valence-electron chi connectivity index (χ3n) is 3.87. The number of amides is 1. The van der Waals surface area contributed by atoms with Crippen LogP contribution >= 0.6 is 22.6 Å². The van der Waals surface area contributed by atoms with Crippen LogP contribution in [0.15, 0.2) is 48.5 Å². The zero-order chi connectivity index (χ0) is 15.4. The highest BCUT2D eigenvalue weighted by molar-refractivity contribution is 14.1. The van der Waals surface area contributed by atoms with E-state index in [0.29, 0.717) is 0 Å². The van der Waals surface area contributed by atoms with Gasteiger partial charge in [0.25, 0.3) is 5.91 Å². The fraction of sp³-hybridized carbons (Fsp3) is 0.278. The van der Waals surface area contributed by atoms with Crippen LogP contribution in [-0.2, 0) is 11.2 Å². The lowest BCUT2D eigenvalue weighted by atomic mass is 9.88. The first-order chi connectivity index (χ1) is 10.7. The van der Waals surface area contributed by atoms with Gasteiger partial charge in [0.05, 0.1) is 6.04 Å². The molecule has 0 radical (unpaired) electrons. The van der Waals surface area contributed by atoms with E-state index in [-0.39, 0.29) is 18.6 Å². The number of ether oxygens (including phenoxy) is 1. The van der Waals surface area contributed by atoms with Crippen LogP contribution in [0.25, 0.3) is 0 Å². The van der Waals surface area contributed by atoms with Crippen molar-refractivity contribution in [3.05, 3.63) is 63.2 Å². The second kappa shape index (κ2) is 7.13. The Labute approximate surface area is 144 Å². The summed E-state index contributed by atoms with van der Waals surface area (Å²) in [5.41, 5.74) is 2.59. The lowest BCUT2D eigenvalue weighted by Crippen LogP contribution is -2.34. The summed E-state index contributed by atoms with van der Waals surface area (Å²) in [7, 11) is 0. The van der Waals surface area contributed by atoms with Crippen LogP contribution in [0.5, 0.6) is 5.75 Å². The van der Waals surface area contributed by atoms with Crippen LogP contribution in [0.3, 0.4) is 0 Å². The molecule has 3 nitrogen and oxygen atoms in total. The molecule has 1 atom stereocenters. The molecule has 0 bridgehead atoms. The van der Waals surface area contributed by atoms with Crippen molar-refractivity contribution in [2.75, 3.05) is 6.61 Å². The summed E-state index contributed by atoms with van der Waals surface area (Å²) in [6, 6.07) is 16.2. The van der Waals surface area contributed by atoms with Gasteiger partial charge in [-0.2, -0.15) is 0 Å². The molecule has 2 aromatic rings. The molecule has 0 fully saturated rings. The maximum atomic E-state index is 12.1. The Morgan fingerprint density at radius 1 is 1.23 bits per heavy atom. The van der Waals surface area contributed by atoms with Gasteiger partial charge >= 0.3 is 0 Å². The van der Waals surface area contributed by atoms with E-state index in [9.17, 15) is 4.79 Å². The highest BCUT2D eigenvalue weighted by atomic mass is 127. The maximum absolute atomic E-state index is 12.1. The van der Waals surface area contributed by atoms with Crippen LogP contribution in [-0.4, -0.2) is 12.5 Å². The first-order valence-electron chi connectivity index (χ1n) is 7.48. The highest BCUT2D eigenvalue weighted by Crippen LogP contribution is 2.29. The van der Waals surface area contributed by atoms with E-state index in [0.717, 1.165) is 28.6 Å². The lowest BCUT2D eigenvalue weighted by Gasteiger charge is -2.26. The van der Waals surface area contributed by atoms with Crippen LogP contribution in [0.2, 0.25) is 0 Å². The van der Waals surface area contributed by atoms with Gasteiger partial charge in [-0.15, -0.1) is 0 Å². The van der Waals surface area contributed by atoms with Crippen LogP contribution < -0.4 is 10.1 Å². The van der Waals surface area contributed by atoms with Crippen LogP contribution in [0, 0.1) is 3.57 Å². The van der Waals surface area contributed by atoms with Crippen molar-refractivity contribution in [2.45, 2.75) is 25.3 Å². The number of halogens is 1. The van der Waals surface area contributed by atoms with Crippen molar-refractivity contribution in [1.82, 2.24) is 5.32 Å². The number of fused-ring (bicyclic) bond motifs is 1. The molecule has 0 spiro atoms. The summed E-state index contributed by atoms with van der Waals surface area (Å²) in [6.07, 6.45) is 3.20. The van der Waals surface area contributed by atoms with Crippen molar-refractivity contribution in [3.8, 4) is 5.75 Å². The van der Waals surface area contributed by atoms with Gasteiger partial charge in [0, 0.05) is 3.57 Å². The average molecular weight is 407 g/mol. The molecule has 0 aromatic heterocycles. The Hall–Kier alpha value is -1.56. The fourth-order valence-electron chi connectivity index (χ4n) is 2.85. The summed E-state index contributed by atoms with van der Waals surface area (Å²) < 4.78 is 6.66. The number of carbonyl (C=O) groups is 1. The van der Waals surface area contributed by atoms with Crippen molar-refractivity contribution in [2.24, 2.45) is 0 Å². The number of rotatable bonds is 4. The summed E-state index contributed by atoms with van der Waals surface area (Å²) >= 11 is 2.23. The number of hydrogen-bond acceptors (Lipinski definition) is 2. The number of hydrogen-bond donors (Lipinski definition) is 1. The molecule has 0 saturated heterocycles. The van der Waals surface area contributed by atoms with E-state index in [1.54, 1.807) is 0 Å². The predicted octanol–water partition coefficient (Wildman–Crippen LogP) is 3.86. The Morgan fingerprint density at radius 3 is 2.95 bits per heavy atom. The van der Waals surface area contributed by atoms with E-state index in [1.807, 2.05) is 30.3 Å². The number of benzene rings is 2. The Bertz CT molecular complexity index is 672. The fourth-order valence-corrected chi connectivity index (χ4v) is 3.36. The number of nitrogens with one attached hydrogen (secondary N) is 1. The van der Waals surface area contributed by atoms with E-state index in [2.05, 4.69) is 46.1 Å². The monoisotopic (exact) mass is 407 g/mol.